The molecule has 1 atom stereocenters. The van der Waals surface area contributed by atoms with Crippen LogP contribution in [0.1, 0.15) is 38.5 Å². The van der Waals surface area contributed by atoms with Crippen molar-refractivity contribution in [1.82, 2.24) is 15.5 Å². The van der Waals surface area contributed by atoms with Crippen LogP contribution in [0.3, 0.4) is 0 Å². The summed E-state index contributed by atoms with van der Waals surface area (Å²) in [4.78, 5) is 0. The molecule has 0 aromatic carbocycles. The van der Waals surface area contributed by atoms with Crippen molar-refractivity contribution in [2.75, 3.05) is 18.4 Å². The molecule has 0 radical (unpaired) electrons. The largest absolute Gasteiger partial charge is 0.408 e. The highest BCUT2D eigenvalue weighted by molar-refractivity contribution is 5.17. The lowest BCUT2D eigenvalue weighted by Gasteiger charge is -2.14. The molecule has 2 N–H and O–H groups in total. The minimum absolute atomic E-state index is 0.527. The minimum atomic E-state index is 0.527. The molecule has 0 spiro atoms. The molecule has 0 amide bonds. The van der Waals surface area contributed by atoms with Crippen LogP contribution < -0.4 is 10.6 Å². The Balaban J connectivity index is 1.77. The van der Waals surface area contributed by atoms with Gasteiger partial charge in [0.1, 0.15) is 0 Å². The summed E-state index contributed by atoms with van der Waals surface area (Å²) in [5.74, 6) is 0.691. The van der Waals surface area contributed by atoms with Crippen molar-refractivity contribution >= 4 is 6.01 Å². The predicted molar refractivity (Wildman–Crippen MR) is 62.4 cm³/mol. The zero-order chi connectivity index (χ0) is 11.2. The highest BCUT2D eigenvalue weighted by Crippen LogP contribution is 2.10. The Morgan fingerprint density at radius 2 is 2.31 bits per heavy atom. The first kappa shape index (κ1) is 11.4. The fraction of sp³-hybridized carbons (Fsp3) is 0.818. The molecule has 2 rings (SSSR count). The van der Waals surface area contributed by atoms with E-state index in [0.717, 1.165) is 19.5 Å². The molecule has 2 heterocycles. The van der Waals surface area contributed by atoms with Crippen LogP contribution in [0.5, 0.6) is 0 Å². The van der Waals surface area contributed by atoms with Crippen LogP contribution in [0.2, 0.25) is 0 Å². The second-order valence-electron chi connectivity index (χ2n) is 4.24. The van der Waals surface area contributed by atoms with Gasteiger partial charge in [-0.2, -0.15) is 0 Å². The summed E-state index contributed by atoms with van der Waals surface area (Å²) in [6.45, 7) is 3.99. The number of hydrogen-bond donors (Lipinski definition) is 2. The van der Waals surface area contributed by atoms with E-state index in [4.69, 9.17) is 4.42 Å². The van der Waals surface area contributed by atoms with E-state index in [0.29, 0.717) is 17.9 Å². The number of rotatable bonds is 4. The van der Waals surface area contributed by atoms with Gasteiger partial charge in [0, 0.05) is 19.0 Å². The van der Waals surface area contributed by atoms with Crippen molar-refractivity contribution in [3.8, 4) is 0 Å². The zero-order valence-electron chi connectivity index (χ0n) is 9.83. The molecule has 5 heteroatoms. The minimum Gasteiger partial charge on any atom is -0.408 e. The second kappa shape index (κ2) is 5.84. The Morgan fingerprint density at radius 1 is 1.38 bits per heavy atom. The van der Waals surface area contributed by atoms with Crippen LogP contribution in [-0.4, -0.2) is 29.3 Å². The Labute approximate surface area is 96.0 Å². The molecule has 1 saturated heterocycles. The molecule has 0 unspecified atom stereocenters. The Kier molecular flexibility index (Phi) is 4.16. The van der Waals surface area contributed by atoms with Crippen LogP contribution in [0.15, 0.2) is 4.42 Å². The molecule has 1 fully saturated rings. The second-order valence-corrected chi connectivity index (χ2v) is 4.24. The van der Waals surface area contributed by atoms with E-state index in [9.17, 15) is 0 Å². The quantitative estimate of drug-likeness (QED) is 0.813. The number of nitrogens with zero attached hydrogens (tertiary/aromatic N) is 2. The lowest BCUT2D eigenvalue weighted by molar-refractivity contribution is 0.492. The number of anilines is 1. The van der Waals surface area contributed by atoms with Crippen molar-refractivity contribution in [3.05, 3.63) is 5.89 Å². The molecular weight excluding hydrogens is 204 g/mol. The van der Waals surface area contributed by atoms with Crippen LogP contribution >= 0.6 is 0 Å². The SMILES string of the molecule is CCc1nnc(NC[C@H]2CCCCCN2)o1. The van der Waals surface area contributed by atoms with E-state index in [1.54, 1.807) is 0 Å². The van der Waals surface area contributed by atoms with E-state index < -0.39 is 0 Å². The van der Waals surface area contributed by atoms with Crippen molar-refractivity contribution in [3.63, 3.8) is 0 Å². The highest BCUT2D eigenvalue weighted by Gasteiger charge is 2.12. The first-order valence-electron chi connectivity index (χ1n) is 6.18. The van der Waals surface area contributed by atoms with Crippen molar-refractivity contribution in [2.24, 2.45) is 0 Å². The van der Waals surface area contributed by atoms with Gasteiger partial charge in [0.2, 0.25) is 5.89 Å². The summed E-state index contributed by atoms with van der Waals surface area (Å²) in [5, 5.41) is 14.6. The summed E-state index contributed by atoms with van der Waals surface area (Å²) >= 11 is 0. The highest BCUT2D eigenvalue weighted by atomic mass is 16.4. The lowest BCUT2D eigenvalue weighted by atomic mass is 10.1. The van der Waals surface area contributed by atoms with E-state index in [1.807, 2.05) is 6.92 Å². The summed E-state index contributed by atoms with van der Waals surface area (Å²) < 4.78 is 5.39. The molecule has 1 aromatic rings. The average molecular weight is 224 g/mol. The van der Waals surface area contributed by atoms with Crippen molar-refractivity contribution in [1.29, 1.82) is 0 Å². The van der Waals surface area contributed by atoms with Crippen LogP contribution in [0.25, 0.3) is 0 Å². The van der Waals surface area contributed by atoms with Crippen LogP contribution in [-0.2, 0) is 6.42 Å². The van der Waals surface area contributed by atoms with E-state index in [1.165, 1.54) is 25.7 Å². The number of aryl methyl sites for hydroxylation is 1. The van der Waals surface area contributed by atoms with Gasteiger partial charge in [-0.1, -0.05) is 24.9 Å². The summed E-state index contributed by atoms with van der Waals surface area (Å²) in [6.07, 6.45) is 5.95. The summed E-state index contributed by atoms with van der Waals surface area (Å²) in [6, 6.07) is 1.07. The molecule has 1 aromatic heterocycles. The maximum atomic E-state index is 5.39. The van der Waals surface area contributed by atoms with Crippen LogP contribution in [0, 0.1) is 0 Å². The third kappa shape index (κ3) is 3.20. The molecule has 1 aliphatic heterocycles. The Morgan fingerprint density at radius 3 is 3.12 bits per heavy atom. The lowest BCUT2D eigenvalue weighted by Crippen LogP contribution is -2.34. The standard InChI is InChI=1S/C11H20N4O/c1-2-10-14-15-11(16-10)13-8-9-6-4-3-5-7-12-9/h9,12H,2-8H2,1H3,(H,13,15)/t9-/m1/s1. The van der Waals surface area contributed by atoms with Gasteiger partial charge in [0.05, 0.1) is 0 Å². The normalized spacial score (nSPS) is 21.7. The predicted octanol–water partition coefficient (Wildman–Crippen LogP) is 1.58. The van der Waals surface area contributed by atoms with Gasteiger partial charge in [-0.05, 0) is 19.4 Å². The maximum absolute atomic E-state index is 5.39. The Hall–Kier alpha value is -1.10. The van der Waals surface area contributed by atoms with E-state index in [-0.39, 0.29) is 0 Å². The Bertz CT molecular complexity index is 305. The molecule has 16 heavy (non-hydrogen) atoms. The molecule has 90 valence electrons. The van der Waals surface area contributed by atoms with Gasteiger partial charge in [-0.25, -0.2) is 0 Å². The first-order chi connectivity index (χ1) is 7.88. The van der Waals surface area contributed by atoms with Gasteiger partial charge in [0.25, 0.3) is 0 Å². The smallest absolute Gasteiger partial charge is 0.315 e. The zero-order valence-corrected chi connectivity index (χ0v) is 9.83. The van der Waals surface area contributed by atoms with Gasteiger partial charge >= 0.3 is 6.01 Å². The number of hydrogen-bond acceptors (Lipinski definition) is 5. The van der Waals surface area contributed by atoms with Gasteiger partial charge in [-0.3, -0.25) is 0 Å². The molecule has 1 aliphatic rings. The number of aromatic nitrogens is 2. The van der Waals surface area contributed by atoms with Crippen LogP contribution in [0.4, 0.5) is 6.01 Å². The fourth-order valence-electron chi connectivity index (χ4n) is 1.95. The van der Waals surface area contributed by atoms with E-state index >= 15 is 0 Å². The van der Waals surface area contributed by atoms with Crippen molar-refractivity contribution < 1.29 is 4.42 Å². The third-order valence-electron chi connectivity index (χ3n) is 2.93. The summed E-state index contributed by atoms with van der Waals surface area (Å²) in [7, 11) is 0. The topological polar surface area (TPSA) is 63.0 Å². The average Bonchev–Trinajstić information content (AvgIpc) is 2.61. The van der Waals surface area contributed by atoms with Gasteiger partial charge in [-0.15, -0.1) is 5.10 Å². The molecular formula is C11H20N4O. The van der Waals surface area contributed by atoms with E-state index in [2.05, 4.69) is 20.8 Å². The first-order valence-corrected chi connectivity index (χ1v) is 6.18. The molecule has 0 aliphatic carbocycles. The molecule has 0 saturated carbocycles. The van der Waals surface area contributed by atoms with Gasteiger partial charge in [0.15, 0.2) is 0 Å². The number of nitrogens with one attached hydrogen (secondary N) is 2. The monoisotopic (exact) mass is 224 g/mol. The summed E-state index contributed by atoms with van der Waals surface area (Å²) in [5.41, 5.74) is 0. The third-order valence-corrected chi connectivity index (χ3v) is 2.93. The molecule has 5 nitrogen and oxygen atoms in total. The van der Waals surface area contributed by atoms with Gasteiger partial charge < -0.3 is 15.1 Å². The van der Waals surface area contributed by atoms with Crippen molar-refractivity contribution in [2.45, 2.75) is 45.1 Å². The fourth-order valence-corrected chi connectivity index (χ4v) is 1.95. The maximum Gasteiger partial charge on any atom is 0.315 e. The molecule has 0 bridgehead atoms.